The van der Waals surface area contributed by atoms with Crippen molar-refractivity contribution < 1.29 is 19.7 Å². The Hall–Kier alpha value is -0.610. The summed E-state index contributed by atoms with van der Waals surface area (Å²) >= 11 is 0. The molecular weight excluding hydrogens is 160 g/mol. The van der Waals surface area contributed by atoms with Crippen LogP contribution in [0.25, 0.3) is 0 Å². The van der Waals surface area contributed by atoms with Gasteiger partial charge in [-0.1, -0.05) is 6.92 Å². The van der Waals surface area contributed by atoms with E-state index in [0.29, 0.717) is 0 Å². The maximum atomic E-state index is 9.71. The summed E-state index contributed by atoms with van der Waals surface area (Å²) in [6, 6.07) is 0. The van der Waals surface area contributed by atoms with Crippen LogP contribution < -0.4 is 0 Å². The van der Waals surface area contributed by atoms with Crippen molar-refractivity contribution in [3.05, 3.63) is 0 Å². The summed E-state index contributed by atoms with van der Waals surface area (Å²) in [7, 11) is 0. The minimum atomic E-state index is -0.602. The quantitative estimate of drug-likeness (QED) is 0.487. The van der Waals surface area contributed by atoms with Crippen LogP contribution in [0.2, 0.25) is 0 Å². The Morgan fingerprint density at radius 3 is 2.08 bits per heavy atom. The molecule has 0 saturated carbocycles. The van der Waals surface area contributed by atoms with Gasteiger partial charge in [0, 0.05) is 19.6 Å². The van der Waals surface area contributed by atoms with Gasteiger partial charge in [0.05, 0.1) is 0 Å². The van der Waals surface area contributed by atoms with Gasteiger partial charge in [-0.05, 0) is 19.3 Å². The first-order valence-corrected chi connectivity index (χ1v) is 4.23. The Labute approximate surface area is 72.4 Å². The van der Waals surface area contributed by atoms with E-state index in [-0.39, 0.29) is 6.42 Å². The second-order valence-corrected chi connectivity index (χ2v) is 2.49. The number of ether oxygens (including phenoxy) is 1. The molecule has 1 N–H and O–H groups in total. The fourth-order valence-electron chi connectivity index (χ4n) is 0.752. The molecule has 4 heteroatoms. The summed E-state index contributed by atoms with van der Waals surface area (Å²) < 4.78 is 5.07. The van der Waals surface area contributed by atoms with Crippen LogP contribution in [0.1, 0.15) is 32.6 Å². The van der Waals surface area contributed by atoms with Gasteiger partial charge < -0.3 is 9.62 Å². The number of rotatable bonds is 1. The Balaban J connectivity index is 0.000000202. The minimum absolute atomic E-state index is 0.219. The van der Waals surface area contributed by atoms with Crippen LogP contribution in [0, 0.1) is 0 Å². The molecule has 12 heavy (non-hydrogen) atoms. The van der Waals surface area contributed by atoms with Gasteiger partial charge in [-0.15, -0.1) is 0 Å². The lowest BCUT2D eigenvalue weighted by molar-refractivity contribution is -0.233. The van der Waals surface area contributed by atoms with Gasteiger partial charge in [-0.25, -0.2) is 4.79 Å². The second kappa shape index (κ2) is 8.49. The Morgan fingerprint density at radius 2 is 2.00 bits per heavy atom. The van der Waals surface area contributed by atoms with Crippen molar-refractivity contribution in [3.8, 4) is 0 Å². The fourth-order valence-corrected chi connectivity index (χ4v) is 0.752. The Morgan fingerprint density at radius 1 is 1.42 bits per heavy atom. The lowest BCUT2D eigenvalue weighted by atomic mass is 10.2. The minimum Gasteiger partial charge on any atom is -0.381 e. The molecule has 72 valence electrons. The molecule has 0 aliphatic carbocycles. The molecule has 1 rings (SSSR count). The zero-order chi connectivity index (χ0) is 9.23. The number of hydrogen-bond donors (Lipinski definition) is 1. The molecule has 0 radical (unpaired) electrons. The van der Waals surface area contributed by atoms with E-state index < -0.39 is 5.97 Å². The summed E-state index contributed by atoms with van der Waals surface area (Å²) in [6.07, 6.45) is 4.15. The molecule has 0 spiro atoms. The number of hydrogen-bond acceptors (Lipinski definition) is 4. The SMILES string of the molecule is C1CCOCC1.CCC(=O)OO. The summed E-state index contributed by atoms with van der Waals surface area (Å²) in [5.41, 5.74) is 0. The maximum absolute atomic E-state index is 9.71. The fraction of sp³-hybridized carbons (Fsp3) is 0.875. The first-order valence-electron chi connectivity index (χ1n) is 4.23. The zero-order valence-corrected chi connectivity index (χ0v) is 7.41. The third kappa shape index (κ3) is 7.50. The molecule has 0 aromatic rings. The highest BCUT2D eigenvalue weighted by Gasteiger charge is 1.95. The molecule has 1 fully saturated rings. The van der Waals surface area contributed by atoms with Crippen LogP contribution in [-0.4, -0.2) is 24.4 Å². The number of carbonyl (C=O) groups excluding carboxylic acids is 1. The largest absolute Gasteiger partial charge is 0.381 e. The summed E-state index contributed by atoms with van der Waals surface area (Å²) in [4.78, 5) is 13.0. The lowest BCUT2D eigenvalue weighted by Gasteiger charge is -2.08. The van der Waals surface area contributed by atoms with Crippen molar-refractivity contribution in [2.24, 2.45) is 0 Å². The molecule has 0 aromatic carbocycles. The molecule has 1 heterocycles. The van der Waals surface area contributed by atoms with E-state index in [2.05, 4.69) is 4.89 Å². The standard InChI is InChI=1S/C5H10O.C3H6O3/c1-2-4-6-5-3-1;1-2-3(4)6-5/h1-5H2;5H,2H2,1H3. The third-order valence-electron chi connectivity index (χ3n) is 1.47. The van der Waals surface area contributed by atoms with Crippen LogP contribution in [0.5, 0.6) is 0 Å². The second-order valence-electron chi connectivity index (χ2n) is 2.49. The van der Waals surface area contributed by atoms with Crippen molar-refractivity contribution in [3.63, 3.8) is 0 Å². The Bertz CT molecular complexity index is 92.1. The highest BCUT2D eigenvalue weighted by Crippen LogP contribution is 2.02. The predicted molar refractivity (Wildman–Crippen MR) is 43.7 cm³/mol. The van der Waals surface area contributed by atoms with Crippen molar-refractivity contribution in [1.29, 1.82) is 0 Å². The average Bonchev–Trinajstić information content (AvgIpc) is 2.20. The molecule has 0 atom stereocenters. The van der Waals surface area contributed by atoms with E-state index in [1.54, 1.807) is 6.92 Å². The van der Waals surface area contributed by atoms with Gasteiger partial charge in [0.15, 0.2) is 0 Å². The van der Waals surface area contributed by atoms with Crippen LogP contribution in [-0.2, 0) is 14.4 Å². The smallest absolute Gasteiger partial charge is 0.341 e. The van der Waals surface area contributed by atoms with Gasteiger partial charge in [-0.2, -0.15) is 5.26 Å². The van der Waals surface area contributed by atoms with Gasteiger partial charge >= 0.3 is 5.97 Å². The van der Waals surface area contributed by atoms with Crippen LogP contribution in [0.3, 0.4) is 0 Å². The first kappa shape index (κ1) is 11.4. The molecule has 0 amide bonds. The first-order chi connectivity index (χ1) is 5.81. The van der Waals surface area contributed by atoms with Crippen molar-refractivity contribution in [1.82, 2.24) is 0 Å². The normalized spacial score (nSPS) is 15.8. The highest BCUT2D eigenvalue weighted by atomic mass is 17.1. The molecule has 0 bridgehead atoms. The van der Waals surface area contributed by atoms with Gasteiger partial charge in [0.1, 0.15) is 0 Å². The molecule has 1 aliphatic heterocycles. The van der Waals surface area contributed by atoms with E-state index >= 15 is 0 Å². The zero-order valence-electron chi connectivity index (χ0n) is 7.41. The van der Waals surface area contributed by atoms with Gasteiger partial charge in [-0.3, -0.25) is 0 Å². The number of carbonyl (C=O) groups is 1. The molecular formula is C8H16O4. The van der Waals surface area contributed by atoms with Crippen LogP contribution >= 0.6 is 0 Å². The Kier molecular flexibility index (Phi) is 8.05. The van der Waals surface area contributed by atoms with Gasteiger partial charge in [0.2, 0.25) is 0 Å². The summed E-state index contributed by atoms with van der Waals surface area (Å²) in [6.45, 7) is 3.60. The maximum Gasteiger partial charge on any atom is 0.341 e. The van der Waals surface area contributed by atoms with Gasteiger partial charge in [0.25, 0.3) is 0 Å². The van der Waals surface area contributed by atoms with Crippen molar-refractivity contribution >= 4 is 5.97 Å². The summed E-state index contributed by atoms with van der Waals surface area (Å²) in [5, 5.41) is 7.49. The van der Waals surface area contributed by atoms with E-state index in [4.69, 9.17) is 9.99 Å². The molecule has 1 saturated heterocycles. The molecule has 1 aliphatic rings. The summed E-state index contributed by atoms with van der Waals surface area (Å²) in [5.74, 6) is -0.602. The van der Waals surface area contributed by atoms with Crippen LogP contribution in [0.4, 0.5) is 0 Å². The van der Waals surface area contributed by atoms with Crippen molar-refractivity contribution in [2.45, 2.75) is 32.6 Å². The van der Waals surface area contributed by atoms with E-state index in [1.165, 1.54) is 19.3 Å². The highest BCUT2D eigenvalue weighted by molar-refractivity contribution is 5.67. The lowest BCUT2D eigenvalue weighted by Crippen LogP contribution is -2.03. The molecule has 0 aromatic heterocycles. The average molecular weight is 176 g/mol. The topological polar surface area (TPSA) is 55.8 Å². The molecule has 4 nitrogen and oxygen atoms in total. The van der Waals surface area contributed by atoms with Crippen LogP contribution in [0.15, 0.2) is 0 Å². The third-order valence-corrected chi connectivity index (χ3v) is 1.47. The monoisotopic (exact) mass is 176 g/mol. The van der Waals surface area contributed by atoms with E-state index in [9.17, 15) is 4.79 Å². The van der Waals surface area contributed by atoms with E-state index in [1.807, 2.05) is 0 Å². The molecule has 0 unspecified atom stereocenters. The van der Waals surface area contributed by atoms with E-state index in [0.717, 1.165) is 13.2 Å². The predicted octanol–water partition coefficient (Wildman–Crippen LogP) is 1.60. The van der Waals surface area contributed by atoms with Crippen molar-refractivity contribution in [2.75, 3.05) is 13.2 Å².